The Morgan fingerprint density at radius 2 is 0.885 bits per heavy atom. The van der Waals surface area contributed by atoms with Crippen molar-refractivity contribution in [2.75, 3.05) is 19.6 Å². The Bertz CT molecular complexity index is 1470. The minimum absolute atomic E-state index is 0.330. The summed E-state index contributed by atoms with van der Waals surface area (Å²) < 4.78 is 148. The first kappa shape index (κ1) is 42.9. The van der Waals surface area contributed by atoms with Crippen molar-refractivity contribution in [2.45, 2.75) is 111 Å². The van der Waals surface area contributed by atoms with E-state index < -0.39 is 83.0 Å². The van der Waals surface area contributed by atoms with Crippen LogP contribution >= 0.6 is 0 Å². The van der Waals surface area contributed by atoms with Crippen LogP contribution in [0.5, 0.6) is 17.2 Å². The molecular formula is C38H48BF9NO3+. The number of halogens is 9. The van der Waals surface area contributed by atoms with E-state index in [1.54, 1.807) is 0 Å². The summed E-state index contributed by atoms with van der Waals surface area (Å²) in [6, 6.07) is 1.47. The fraction of sp³-hybridized carbons (Fsp3) is 0.526. The third-order valence-electron chi connectivity index (χ3n) is 9.21. The van der Waals surface area contributed by atoms with E-state index in [0.717, 1.165) is 64.2 Å². The summed E-state index contributed by atoms with van der Waals surface area (Å²) in [6.45, 7) is 9.88. The van der Waals surface area contributed by atoms with Gasteiger partial charge >= 0.3 is 7.32 Å². The summed E-state index contributed by atoms with van der Waals surface area (Å²) >= 11 is 0. The standard InChI is InChI=1S/C38H48BF9NO3/c1-5-9-13-14-15-16-32(49(17-10-6-2,18-11-7-3)19-12-8-4)34-33(24-31(44)37(47)38(34)48)52-39(50-25-20-27(40)35(45)28(41)21-25)51-26-22-29(42)36(46)30(43)23-26/h20-24,32H,5-19H2,1-4H3/q+1. The van der Waals surface area contributed by atoms with Crippen molar-refractivity contribution in [1.29, 1.82) is 0 Å². The molecule has 52 heavy (non-hydrogen) atoms. The number of nitrogens with zero attached hydrogens (tertiary/aromatic N) is 1. The monoisotopic (exact) mass is 748 g/mol. The summed E-state index contributed by atoms with van der Waals surface area (Å²) in [4.78, 5) is 0. The molecule has 3 aromatic rings. The zero-order valence-electron chi connectivity index (χ0n) is 30.2. The summed E-state index contributed by atoms with van der Waals surface area (Å²) in [5.41, 5.74) is -0.331. The van der Waals surface area contributed by atoms with Gasteiger partial charge in [-0.3, -0.25) is 0 Å². The molecule has 3 rings (SSSR count). The van der Waals surface area contributed by atoms with Gasteiger partial charge < -0.3 is 18.4 Å². The molecule has 0 aliphatic carbocycles. The largest absolute Gasteiger partial charge is 0.864 e. The summed E-state index contributed by atoms with van der Waals surface area (Å²) in [5, 5.41) is 0. The molecule has 4 nitrogen and oxygen atoms in total. The molecular weight excluding hydrogens is 700 g/mol. The van der Waals surface area contributed by atoms with Crippen molar-refractivity contribution >= 4 is 7.32 Å². The quantitative estimate of drug-likeness (QED) is 0.0318. The Balaban J connectivity index is 2.27. The Morgan fingerprint density at radius 1 is 0.481 bits per heavy atom. The third kappa shape index (κ3) is 11.2. The average molecular weight is 749 g/mol. The van der Waals surface area contributed by atoms with E-state index in [-0.39, 0.29) is 5.56 Å². The molecule has 0 heterocycles. The van der Waals surface area contributed by atoms with Crippen LogP contribution in [0.4, 0.5) is 39.5 Å². The number of hydrogen-bond acceptors (Lipinski definition) is 3. The van der Waals surface area contributed by atoms with Crippen LogP contribution in [-0.2, 0) is 0 Å². The number of quaternary nitrogens is 1. The molecule has 3 aromatic carbocycles. The van der Waals surface area contributed by atoms with Crippen LogP contribution < -0.4 is 14.0 Å². The van der Waals surface area contributed by atoms with E-state index in [2.05, 4.69) is 6.92 Å². The molecule has 0 bridgehead atoms. The zero-order valence-corrected chi connectivity index (χ0v) is 30.2. The Hall–Kier alpha value is -3.55. The summed E-state index contributed by atoms with van der Waals surface area (Å²) in [6.07, 6.45) is 9.31. The first-order chi connectivity index (χ1) is 24.8. The smallest absolute Gasteiger partial charge is 0.489 e. The lowest BCUT2D eigenvalue weighted by atomic mass is 9.92. The molecule has 0 N–H and O–H groups in total. The molecule has 1 atom stereocenters. The third-order valence-corrected chi connectivity index (χ3v) is 9.21. The van der Waals surface area contributed by atoms with E-state index in [9.17, 15) is 26.3 Å². The number of hydrogen-bond donors (Lipinski definition) is 0. The molecule has 1 unspecified atom stereocenters. The number of benzene rings is 3. The van der Waals surface area contributed by atoms with Crippen molar-refractivity contribution in [3.63, 3.8) is 0 Å². The highest BCUT2D eigenvalue weighted by molar-refractivity contribution is 6.39. The van der Waals surface area contributed by atoms with Gasteiger partial charge in [-0.25, -0.2) is 39.5 Å². The predicted molar refractivity (Wildman–Crippen MR) is 182 cm³/mol. The van der Waals surface area contributed by atoms with Gasteiger partial charge in [0.05, 0.1) is 25.2 Å². The van der Waals surface area contributed by atoms with Crippen LogP contribution in [0.2, 0.25) is 0 Å². The summed E-state index contributed by atoms with van der Waals surface area (Å²) in [5.74, 6) is -17.4. The molecule has 0 aliphatic heterocycles. The van der Waals surface area contributed by atoms with Crippen LogP contribution in [-0.4, -0.2) is 31.4 Å². The molecule has 0 amide bonds. The maximum Gasteiger partial charge on any atom is 0.864 e. The van der Waals surface area contributed by atoms with E-state index in [1.807, 2.05) is 20.8 Å². The van der Waals surface area contributed by atoms with Gasteiger partial charge in [0.15, 0.2) is 52.4 Å². The molecule has 0 fully saturated rings. The van der Waals surface area contributed by atoms with Crippen LogP contribution in [0.15, 0.2) is 30.3 Å². The predicted octanol–water partition coefficient (Wildman–Crippen LogP) is 12.1. The van der Waals surface area contributed by atoms with E-state index in [1.165, 1.54) is 0 Å². The van der Waals surface area contributed by atoms with Gasteiger partial charge in [0.25, 0.3) is 0 Å². The molecule has 0 saturated carbocycles. The van der Waals surface area contributed by atoms with Crippen LogP contribution in [0.3, 0.4) is 0 Å². The number of rotatable bonds is 23. The van der Waals surface area contributed by atoms with Crippen LogP contribution in [0.25, 0.3) is 0 Å². The minimum Gasteiger partial charge on any atom is -0.489 e. The van der Waals surface area contributed by atoms with Crippen molar-refractivity contribution < 1.29 is 58.0 Å². The highest BCUT2D eigenvalue weighted by Crippen LogP contribution is 2.43. The Kier molecular flexibility index (Phi) is 17.0. The van der Waals surface area contributed by atoms with Gasteiger partial charge in [0.1, 0.15) is 23.3 Å². The molecule has 0 aliphatic rings. The van der Waals surface area contributed by atoms with Crippen molar-refractivity contribution in [3.8, 4) is 17.2 Å². The lowest BCUT2D eigenvalue weighted by Gasteiger charge is -2.46. The Labute approximate surface area is 301 Å². The second-order valence-electron chi connectivity index (χ2n) is 13.1. The fourth-order valence-electron chi connectivity index (χ4n) is 6.45. The average Bonchev–Trinajstić information content (AvgIpc) is 3.10. The lowest BCUT2D eigenvalue weighted by Crippen LogP contribution is -2.53. The topological polar surface area (TPSA) is 27.7 Å². The maximum atomic E-state index is 16.4. The highest BCUT2D eigenvalue weighted by atomic mass is 19.2. The lowest BCUT2D eigenvalue weighted by molar-refractivity contribution is -0.958. The zero-order chi connectivity index (χ0) is 38.4. The van der Waals surface area contributed by atoms with Crippen molar-refractivity contribution in [1.82, 2.24) is 0 Å². The summed E-state index contributed by atoms with van der Waals surface area (Å²) in [7, 11) is -2.33. The van der Waals surface area contributed by atoms with Crippen LogP contribution in [0.1, 0.15) is 116 Å². The number of unbranched alkanes of at least 4 members (excludes halogenated alkanes) is 7. The van der Waals surface area contributed by atoms with Gasteiger partial charge in [-0.15, -0.1) is 0 Å². The van der Waals surface area contributed by atoms with E-state index >= 15 is 13.2 Å². The van der Waals surface area contributed by atoms with Gasteiger partial charge in [0.2, 0.25) is 0 Å². The molecule has 0 spiro atoms. The SMILES string of the molecule is CCCCCCCC(c1c(OB(Oc2cc(F)c(F)c(F)c2)Oc2cc(F)c(F)c(F)c2)cc(F)c(F)c1F)[N+](CCCC)(CCCC)CCCC. The van der Waals surface area contributed by atoms with Gasteiger partial charge in [0, 0.05) is 36.8 Å². The molecule has 288 valence electrons. The first-order valence-corrected chi connectivity index (χ1v) is 18.1. The minimum atomic E-state index is -2.33. The molecule has 0 radical (unpaired) electrons. The van der Waals surface area contributed by atoms with Crippen molar-refractivity contribution in [3.05, 3.63) is 88.3 Å². The molecule has 0 aromatic heterocycles. The van der Waals surface area contributed by atoms with Gasteiger partial charge in [-0.05, 0) is 25.7 Å². The first-order valence-electron chi connectivity index (χ1n) is 18.1. The molecule has 14 heteroatoms. The van der Waals surface area contributed by atoms with Crippen molar-refractivity contribution in [2.24, 2.45) is 0 Å². The van der Waals surface area contributed by atoms with Gasteiger partial charge in [-0.1, -0.05) is 72.6 Å². The highest BCUT2D eigenvalue weighted by Gasteiger charge is 2.43. The second kappa shape index (κ2) is 20.6. The van der Waals surface area contributed by atoms with Crippen LogP contribution in [0, 0.1) is 52.4 Å². The fourth-order valence-corrected chi connectivity index (χ4v) is 6.45. The second-order valence-corrected chi connectivity index (χ2v) is 13.1. The van der Waals surface area contributed by atoms with E-state index in [4.69, 9.17) is 14.0 Å². The van der Waals surface area contributed by atoms with Gasteiger partial charge in [-0.2, -0.15) is 0 Å². The maximum absolute atomic E-state index is 16.4. The Morgan fingerprint density at radius 3 is 1.31 bits per heavy atom. The normalized spacial score (nSPS) is 12.2. The molecule has 0 saturated heterocycles. The van der Waals surface area contributed by atoms with E-state index in [0.29, 0.717) is 67.3 Å².